The van der Waals surface area contributed by atoms with Gasteiger partial charge in [-0.2, -0.15) is 0 Å². The van der Waals surface area contributed by atoms with Gasteiger partial charge in [-0.05, 0) is 86.1 Å². The molecule has 0 aromatic heterocycles. The summed E-state index contributed by atoms with van der Waals surface area (Å²) in [5.41, 5.74) is 4.17. The zero-order valence-corrected chi connectivity index (χ0v) is 23.4. The van der Waals surface area contributed by atoms with Crippen LogP contribution in [0.2, 0.25) is 0 Å². The van der Waals surface area contributed by atoms with Gasteiger partial charge in [0.25, 0.3) is 5.91 Å². The van der Waals surface area contributed by atoms with Gasteiger partial charge in [-0.25, -0.2) is 4.79 Å². The summed E-state index contributed by atoms with van der Waals surface area (Å²) in [6, 6.07) is 20.1. The van der Waals surface area contributed by atoms with Crippen LogP contribution in [0.5, 0.6) is 0 Å². The fourth-order valence-electron chi connectivity index (χ4n) is 5.55. The number of carbonyl (C=O) groups is 4. The molecule has 1 heterocycles. The minimum atomic E-state index is -0.712. The van der Waals surface area contributed by atoms with E-state index in [1.54, 1.807) is 12.1 Å². The van der Waals surface area contributed by atoms with Crippen molar-refractivity contribution < 1.29 is 23.9 Å². The van der Waals surface area contributed by atoms with E-state index in [2.05, 4.69) is 33.4 Å². The van der Waals surface area contributed by atoms with Crippen LogP contribution in [0.3, 0.4) is 0 Å². The van der Waals surface area contributed by atoms with Crippen LogP contribution in [-0.2, 0) is 19.1 Å². The van der Waals surface area contributed by atoms with E-state index in [0.717, 1.165) is 22.0 Å². The van der Waals surface area contributed by atoms with Gasteiger partial charge in [0, 0.05) is 10.2 Å². The van der Waals surface area contributed by atoms with Crippen LogP contribution in [-0.4, -0.2) is 30.3 Å². The Balaban J connectivity index is 1.24. The van der Waals surface area contributed by atoms with Crippen molar-refractivity contribution in [2.45, 2.75) is 39.0 Å². The summed E-state index contributed by atoms with van der Waals surface area (Å²) in [6.07, 6.45) is 2.13. The summed E-state index contributed by atoms with van der Waals surface area (Å²) in [7, 11) is 0. The SMILES string of the molecule is Cc1cc(NC(=O)COC(=O)c2cccc(N3C(=O)[C@H]4C[C@H](c5ccccc5)CC[C@H]4C3=O)c2)c(C)cc1Br. The number of esters is 1. The first kappa shape index (κ1) is 26.8. The topological polar surface area (TPSA) is 92.8 Å². The van der Waals surface area contributed by atoms with E-state index in [1.165, 1.54) is 22.6 Å². The number of nitrogens with zero attached hydrogens (tertiary/aromatic N) is 1. The molecule has 1 N–H and O–H groups in total. The molecule has 0 unspecified atom stereocenters. The maximum absolute atomic E-state index is 13.4. The first-order valence-electron chi connectivity index (χ1n) is 13.0. The lowest BCUT2D eigenvalue weighted by atomic mass is 9.73. The molecule has 8 heteroatoms. The standard InChI is InChI=1S/C31H29BrN2O5/c1-18-14-27(19(2)13-26(18)32)33-28(35)17-39-31(38)22-9-6-10-23(15-22)34-29(36)24-12-11-21(16-25(24)30(34)37)20-7-4-3-5-8-20/h3-10,13-15,21,24-25H,11-12,16-17H2,1-2H3,(H,33,35)/t21-,24-,25+/m1/s1. The largest absolute Gasteiger partial charge is 0.452 e. The maximum Gasteiger partial charge on any atom is 0.338 e. The van der Waals surface area contributed by atoms with Gasteiger partial charge in [0.05, 0.1) is 23.1 Å². The van der Waals surface area contributed by atoms with E-state index in [-0.39, 0.29) is 35.1 Å². The summed E-state index contributed by atoms with van der Waals surface area (Å²) >= 11 is 3.46. The molecule has 3 amide bonds. The quantitative estimate of drug-likeness (QED) is 0.284. The predicted molar refractivity (Wildman–Crippen MR) is 151 cm³/mol. The third-order valence-corrected chi connectivity index (χ3v) is 8.50. The highest BCUT2D eigenvalue weighted by molar-refractivity contribution is 9.10. The second-order valence-electron chi connectivity index (χ2n) is 10.2. The Morgan fingerprint density at radius 1 is 0.923 bits per heavy atom. The summed E-state index contributed by atoms with van der Waals surface area (Å²) in [5.74, 6) is -2.11. The highest BCUT2D eigenvalue weighted by Crippen LogP contribution is 2.45. The summed E-state index contributed by atoms with van der Waals surface area (Å²) in [5, 5.41) is 2.76. The second-order valence-corrected chi connectivity index (χ2v) is 11.1. The van der Waals surface area contributed by atoms with Crippen molar-refractivity contribution in [2.75, 3.05) is 16.8 Å². The van der Waals surface area contributed by atoms with Crippen molar-refractivity contribution in [2.24, 2.45) is 11.8 Å². The van der Waals surface area contributed by atoms with Crippen molar-refractivity contribution in [1.82, 2.24) is 0 Å². The average molecular weight is 589 g/mol. The molecule has 0 bridgehead atoms. The summed E-state index contributed by atoms with van der Waals surface area (Å²) in [6.45, 7) is 3.32. The Morgan fingerprint density at radius 3 is 2.44 bits per heavy atom. The molecule has 1 saturated carbocycles. The maximum atomic E-state index is 13.4. The minimum absolute atomic E-state index is 0.161. The lowest BCUT2D eigenvalue weighted by Crippen LogP contribution is -2.31. The van der Waals surface area contributed by atoms with E-state index in [1.807, 2.05) is 44.2 Å². The molecule has 2 fully saturated rings. The van der Waals surface area contributed by atoms with E-state index < -0.39 is 18.5 Å². The number of benzene rings is 3. The number of halogens is 1. The molecule has 1 aliphatic carbocycles. The molecule has 1 saturated heterocycles. The van der Waals surface area contributed by atoms with E-state index in [4.69, 9.17) is 4.74 Å². The number of ether oxygens (including phenoxy) is 1. The molecular formula is C31H29BrN2O5. The van der Waals surface area contributed by atoms with Crippen molar-refractivity contribution >= 4 is 51.0 Å². The fourth-order valence-corrected chi connectivity index (χ4v) is 6.01. The first-order chi connectivity index (χ1) is 18.7. The fraction of sp³-hybridized carbons (Fsp3) is 0.290. The number of hydrogen-bond donors (Lipinski definition) is 1. The van der Waals surface area contributed by atoms with Crippen molar-refractivity contribution in [3.8, 4) is 0 Å². The summed E-state index contributed by atoms with van der Waals surface area (Å²) < 4.78 is 6.18. The van der Waals surface area contributed by atoms with Crippen LogP contribution in [0.15, 0.2) is 71.2 Å². The molecule has 0 radical (unpaired) electrons. The van der Waals surface area contributed by atoms with Gasteiger partial charge in [-0.15, -0.1) is 0 Å². The molecule has 3 aromatic rings. The third-order valence-electron chi connectivity index (χ3n) is 7.65. The number of amides is 3. The highest BCUT2D eigenvalue weighted by Gasteiger charge is 2.50. The van der Waals surface area contributed by atoms with Gasteiger partial charge in [-0.1, -0.05) is 52.3 Å². The Kier molecular flexibility index (Phi) is 7.66. The first-order valence-corrected chi connectivity index (χ1v) is 13.8. The average Bonchev–Trinajstić information content (AvgIpc) is 3.19. The molecule has 2 aliphatic rings. The number of rotatable bonds is 6. The van der Waals surface area contributed by atoms with Gasteiger partial charge in [-0.3, -0.25) is 19.3 Å². The molecule has 39 heavy (non-hydrogen) atoms. The second kappa shape index (κ2) is 11.1. The zero-order valence-electron chi connectivity index (χ0n) is 21.8. The van der Waals surface area contributed by atoms with Crippen LogP contribution in [0, 0.1) is 25.7 Å². The summed E-state index contributed by atoms with van der Waals surface area (Å²) in [4.78, 5) is 53.1. The number of imide groups is 1. The molecule has 0 spiro atoms. The number of anilines is 2. The van der Waals surface area contributed by atoms with Gasteiger partial charge in [0.2, 0.25) is 11.8 Å². The van der Waals surface area contributed by atoms with Crippen molar-refractivity contribution in [3.05, 3.63) is 93.5 Å². The van der Waals surface area contributed by atoms with E-state index in [0.29, 0.717) is 24.2 Å². The Bertz CT molecular complexity index is 1450. The molecule has 1 aliphatic heterocycles. The van der Waals surface area contributed by atoms with Gasteiger partial charge in [0.1, 0.15) is 0 Å². The zero-order chi connectivity index (χ0) is 27.7. The lowest BCUT2D eigenvalue weighted by molar-refractivity contribution is -0.122. The number of carbonyl (C=O) groups excluding carboxylic acids is 4. The van der Waals surface area contributed by atoms with Gasteiger partial charge in [0.15, 0.2) is 6.61 Å². The van der Waals surface area contributed by atoms with Crippen LogP contribution in [0.4, 0.5) is 11.4 Å². The van der Waals surface area contributed by atoms with Crippen LogP contribution < -0.4 is 10.2 Å². The normalized spacial score (nSPS) is 20.5. The van der Waals surface area contributed by atoms with Crippen molar-refractivity contribution in [3.63, 3.8) is 0 Å². The molecule has 3 atom stereocenters. The molecule has 5 rings (SSSR count). The van der Waals surface area contributed by atoms with Crippen LogP contribution in [0.1, 0.15) is 52.2 Å². The Morgan fingerprint density at radius 2 is 1.67 bits per heavy atom. The molecule has 7 nitrogen and oxygen atoms in total. The number of fused-ring (bicyclic) bond motifs is 1. The predicted octanol–water partition coefficient (Wildman–Crippen LogP) is 5.93. The van der Waals surface area contributed by atoms with Gasteiger partial charge < -0.3 is 10.1 Å². The number of aryl methyl sites for hydroxylation is 2. The van der Waals surface area contributed by atoms with E-state index in [9.17, 15) is 19.2 Å². The third kappa shape index (κ3) is 5.52. The van der Waals surface area contributed by atoms with Gasteiger partial charge >= 0.3 is 5.97 Å². The Hall–Kier alpha value is -3.78. The van der Waals surface area contributed by atoms with Crippen molar-refractivity contribution in [1.29, 1.82) is 0 Å². The lowest BCUT2D eigenvalue weighted by Gasteiger charge is -2.28. The monoisotopic (exact) mass is 588 g/mol. The highest BCUT2D eigenvalue weighted by atomic mass is 79.9. The van der Waals surface area contributed by atoms with E-state index >= 15 is 0 Å². The molecular weight excluding hydrogens is 560 g/mol. The number of nitrogens with one attached hydrogen (secondary N) is 1. The smallest absolute Gasteiger partial charge is 0.338 e. The minimum Gasteiger partial charge on any atom is -0.452 e. The Labute approximate surface area is 235 Å². The number of hydrogen-bond acceptors (Lipinski definition) is 5. The molecule has 3 aromatic carbocycles. The molecule has 200 valence electrons. The van der Waals surface area contributed by atoms with Crippen LogP contribution in [0.25, 0.3) is 0 Å². The van der Waals surface area contributed by atoms with Crippen LogP contribution >= 0.6 is 15.9 Å².